The number of carbonyl (C=O) groups is 1. The molecule has 1 aromatic rings. The Kier molecular flexibility index (Phi) is 21.3. The summed E-state index contributed by atoms with van der Waals surface area (Å²) in [7, 11) is 0. The van der Waals surface area contributed by atoms with Gasteiger partial charge in [-0.3, -0.25) is 0 Å². The fourth-order valence-corrected chi connectivity index (χ4v) is 5.84. The van der Waals surface area contributed by atoms with E-state index in [1.54, 1.807) is 0 Å². The first kappa shape index (κ1) is 35.6. The molecule has 2 N–H and O–H groups in total. The summed E-state index contributed by atoms with van der Waals surface area (Å²) in [5.41, 5.74) is 2.78. The van der Waals surface area contributed by atoms with Crippen molar-refractivity contribution in [3.8, 4) is 11.5 Å². The van der Waals surface area contributed by atoms with Crippen LogP contribution in [0.1, 0.15) is 183 Å². The molecule has 0 fully saturated rings. The molecule has 5 heteroatoms. The SMILES string of the molecule is CCCCCCCCCc1c(O)c(O)c(C(=O)OCl)c(CCCCCCCCC)c1CCCCCCCCC. The molecular formula is C34H59ClO4. The molecule has 0 aliphatic rings. The highest BCUT2D eigenvalue weighted by atomic mass is 35.5. The van der Waals surface area contributed by atoms with Crippen LogP contribution in [0.2, 0.25) is 0 Å². The van der Waals surface area contributed by atoms with Crippen LogP contribution in [0.15, 0.2) is 0 Å². The summed E-state index contributed by atoms with van der Waals surface area (Å²) < 4.78 is 4.57. The maximum absolute atomic E-state index is 12.7. The van der Waals surface area contributed by atoms with Crippen LogP contribution in [0.4, 0.5) is 0 Å². The van der Waals surface area contributed by atoms with E-state index in [0.717, 1.165) is 68.1 Å². The van der Waals surface area contributed by atoms with Crippen LogP contribution in [0, 0.1) is 0 Å². The van der Waals surface area contributed by atoms with Gasteiger partial charge < -0.3 is 14.5 Å². The number of benzene rings is 1. The Bertz CT molecular complexity index is 777. The third-order valence-corrected chi connectivity index (χ3v) is 8.28. The second-order valence-electron chi connectivity index (χ2n) is 11.5. The van der Waals surface area contributed by atoms with Gasteiger partial charge >= 0.3 is 5.97 Å². The van der Waals surface area contributed by atoms with Crippen LogP contribution in [-0.2, 0) is 23.6 Å². The maximum Gasteiger partial charge on any atom is 0.360 e. The molecule has 0 bridgehead atoms. The minimum absolute atomic E-state index is 0.0646. The van der Waals surface area contributed by atoms with Crippen LogP contribution in [-0.4, -0.2) is 16.2 Å². The molecule has 0 heterocycles. The topological polar surface area (TPSA) is 66.8 Å². The Morgan fingerprint density at radius 1 is 0.513 bits per heavy atom. The van der Waals surface area contributed by atoms with E-state index in [9.17, 15) is 15.0 Å². The zero-order chi connectivity index (χ0) is 28.7. The fourth-order valence-electron chi connectivity index (χ4n) is 5.76. The molecule has 0 aromatic heterocycles. The van der Waals surface area contributed by atoms with E-state index in [2.05, 4.69) is 25.1 Å². The first-order valence-electron chi connectivity index (χ1n) is 16.4. The molecule has 0 aliphatic carbocycles. The molecule has 0 spiro atoms. The summed E-state index contributed by atoms with van der Waals surface area (Å²) in [6.07, 6.45) is 27.2. The van der Waals surface area contributed by atoms with Crippen molar-refractivity contribution in [2.45, 2.75) is 175 Å². The Hall–Kier alpha value is -1.42. The summed E-state index contributed by atoms with van der Waals surface area (Å²) in [5, 5.41) is 22.1. The van der Waals surface area contributed by atoms with Crippen molar-refractivity contribution in [3.05, 3.63) is 22.3 Å². The van der Waals surface area contributed by atoms with Crippen molar-refractivity contribution in [2.75, 3.05) is 0 Å². The van der Waals surface area contributed by atoms with E-state index in [1.165, 1.54) is 96.3 Å². The number of phenolic OH excluding ortho intramolecular Hbond substituents is 2. The average Bonchev–Trinajstić information content (AvgIpc) is 2.94. The van der Waals surface area contributed by atoms with Gasteiger partial charge in [0.2, 0.25) is 0 Å². The van der Waals surface area contributed by atoms with E-state index in [1.807, 2.05) is 0 Å². The Morgan fingerprint density at radius 2 is 0.846 bits per heavy atom. The van der Waals surface area contributed by atoms with Crippen molar-refractivity contribution >= 4 is 17.8 Å². The maximum atomic E-state index is 12.7. The number of rotatable bonds is 25. The standard InChI is InChI=1S/C34H59ClO4/c1-4-7-10-13-16-19-22-25-28-29(26-23-20-17-14-11-8-5-2)31(34(38)39-35)33(37)32(36)30(28)27-24-21-18-15-12-9-6-3/h36-37H,4-27H2,1-3H3. The molecule has 39 heavy (non-hydrogen) atoms. The third-order valence-electron chi connectivity index (χ3n) is 8.14. The Morgan fingerprint density at radius 3 is 1.23 bits per heavy atom. The zero-order valence-electron chi connectivity index (χ0n) is 25.6. The van der Waals surface area contributed by atoms with Crippen LogP contribution in [0.25, 0.3) is 0 Å². The lowest BCUT2D eigenvalue weighted by molar-refractivity contribution is 0.0746. The fraction of sp³-hybridized carbons (Fsp3) is 0.794. The van der Waals surface area contributed by atoms with Crippen molar-refractivity contribution in [3.63, 3.8) is 0 Å². The number of hydrogen-bond donors (Lipinski definition) is 2. The van der Waals surface area contributed by atoms with Gasteiger partial charge in [0, 0.05) is 5.56 Å². The van der Waals surface area contributed by atoms with E-state index in [0.29, 0.717) is 6.42 Å². The first-order chi connectivity index (χ1) is 19.0. The van der Waals surface area contributed by atoms with Crippen LogP contribution in [0.5, 0.6) is 11.5 Å². The van der Waals surface area contributed by atoms with E-state index >= 15 is 0 Å². The molecule has 0 saturated heterocycles. The molecule has 0 aliphatic heterocycles. The average molecular weight is 567 g/mol. The summed E-state index contributed by atoms with van der Waals surface area (Å²) in [6.45, 7) is 6.70. The molecule has 0 atom stereocenters. The lowest BCUT2D eigenvalue weighted by atomic mass is 9.85. The molecular weight excluding hydrogens is 508 g/mol. The van der Waals surface area contributed by atoms with Crippen molar-refractivity contribution in [1.29, 1.82) is 0 Å². The summed E-state index contributed by atoms with van der Waals surface area (Å²) in [6, 6.07) is 0. The number of hydrogen-bond acceptors (Lipinski definition) is 4. The Labute approximate surface area is 245 Å². The van der Waals surface area contributed by atoms with Gasteiger partial charge in [-0.15, -0.1) is 0 Å². The highest BCUT2D eigenvalue weighted by Crippen LogP contribution is 2.41. The summed E-state index contributed by atoms with van der Waals surface area (Å²) in [5.74, 6) is -1.29. The highest BCUT2D eigenvalue weighted by molar-refractivity contribution is 6.16. The molecule has 1 rings (SSSR count). The van der Waals surface area contributed by atoms with E-state index in [-0.39, 0.29) is 17.1 Å². The van der Waals surface area contributed by atoms with E-state index < -0.39 is 5.97 Å². The van der Waals surface area contributed by atoms with Gasteiger partial charge in [-0.05, 0) is 49.7 Å². The smallest absolute Gasteiger partial charge is 0.360 e. The molecule has 226 valence electrons. The summed E-state index contributed by atoms with van der Waals surface area (Å²) >= 11 is 5.51. The molecule has 0 amide bonds. The normalized spacial score (nSPS) is 11.3. The Balaban J connectivity index is 3.09. The second kappa shape index (κ2) is 23.3. The van der Waals surface area contributed by atoms with Crippen LogP contribution >= 0.6 is 11.9 Å². The van der Waals surface area contributed by atoms with Gasteiger partial charge in [0.15, 0.2) is 11.5 Å². The third kappa shape index (κ3) is 14.2. The van der Waals surface area contributed by atoms with Gasteiger partial charge in [-0.25, -0.2) is 4.79 Å². The lowest BCUT2D eigenvalue weighted by Gasteiger charge is -2.21. The highest BCUT2D eigenvalue weighted by Gasteiger charge is 2.28. The number of carbonyl (C=O) groups excluding carboxylic acids is 1. The van der Waals surface area contributed by atoms with Gasteiger partial charge in [0.1, 0.15) is 17.4 Å². The minimum Gasteiger partial charge on any atom is -0.504 e. The first-order valence-corrected chi connectivity index (χ1v) is 16.8. The minimum atomic E-state index is -0.772. The molecule has 0 saturated carbocycles. The predicted octanol–water partition coefficient (Wildman–Crippen LogP) is 11.3. The lowest BCUT2D eigenvalue weighted by Crippen LogP contribution is -2.12. The number of unbranched alkanes of at least 4 members (excludes halogenated alkanes) is 18. The molecule has 4 nitrogen and oxygen atoms in total. The molecule has 1 aromatic carbocycles. The van der Waals surface area contributed by atoms with Gasteiger partial charge in [-0.1, -0.05) is 136 Å². The molecule has 0 radical (unpaired) electrons. The molecule has 0 unspecified atom stereocenters. The van der Waals surface area contributed by atoms with Crippen molar-refractivity contribution in [2.24, 2.45) is 0 Å². The number of phenols is 2. The summed E-state index contributed by atoms with van der Waals surface area (Å²) in [4.78, 5) is 12.7. The van der Waals surface area contributed by atoms with Gasteiger partial charge in [0.25, 0.3) is 0 Å². The zero-order valence-corrected chi connectivity index (χ0v) is 26.3. The monoisotopic (exact) mass is 566 g/mol. The predicted molar refractivity (Wildman–Crippen MR) is 166 cm³/mol. The van der Waals surface area contributed by atoms with E-state index in [4.69, 9.17) is 11.9 Å². The van der Waals surface area contributed by atoms with Gasteiger partial charge in [0.05, 0.1) is 0 Å². The van der Waals surface area contributed by atoms with Gasteiger partial charge in [-0.2, -0.15) is 0 Å². The number of aromatic hydroxyl groups is 2. The largest absolute Gasteiger partial charge is 0.504 e. The second-order valence-corrected chi connectivity index (χ2v) is 11.6. The quantitative estimate of drug-likeness (QED) is 0.0911. The number of halogens is 1. The van der Waals surface area contributed by atoms with Crippen LogP contribution in [0.3, 0.4) is 0 Å². The van der Waals surface area contributed by atoms with Crippen molar-refractivity contribution < 1.29 is 19.3 Å². The van der Waals surface area contributed by atoms with Crippen molar-refractivity contribution in [1.82, 2.24) is 0 Å². The van der Waals surface area contributed by atoms with Crippen LogP contribution < -0.4 is 0 Å².